The first-order valence-electron chi connectivity index (χ1n) is 2.92. The Bertz CT molecular complexity index is 238. The third kappa shape index (κ3) is 1.94. The van der Waals surface area contributed by atoms with Gasteiger partial charge in [0.1, 0.15) is 0 Å². The fourth-order valence-corrected chi connectivity index (χ4v) is 1.49. The fraction of sp³-hybridized carbons (Fsp3) is 0.400. The highest BCUT2D eigenvalue weighted by Gasteiger charge is 2.25. The molecule has 1 rings (SSSR count). The molecule has 11 heavy (non-hydrogen) atoms. The van der Waals surface area contributed by atoms with Crippen molar-refractivity contribution in [3.8, 4) is 0 Å². The molecule has 2 amide bonds. The Morgan fingerprint density at radius 2 is 2.36 bits per heavy atom. The summed E-state index contributed by atoms with van der Waals surface area (Å²) < 4.78 is 0. The summed E-state index contributed by atoms with van der Waals surface area (Å²) in [6.07, 6.45) is 0.0562. The van der Waals surface area contributed by atoms with E-state index in [9.17, 15) is 9.59 Å². The van der Waals surface area contributed by atoms with Crippen LogP contribution < -0.4 is 11.5 Å². The Kier molecular flexibility index (Phi) is 2.13. The largest absolute Gasteiger partial charge is 0.378 e. The van der Waals surface area contributed by atoms with Crippen LogP contribution in [0.3, 0.4) is 0 Å². The van der Waals surface area contributed by atoms with Gasteiger partial charge in [0, 0.05) is 0 Å². The Morgan fingerprint density at radius 1 is 1.73 bits per heavy atom. The maximum Gasteiger partial charge on any atom is 0.249 e. The zero-order valence-corrected chi connectivity index (χ0v) is 6.43. The summed E-state index contributed by atoms with van der Waals surface area (Å²) in [6, 6.07) is 0. The number of amidine groups is 1. The molecule has 0 saturated heterocycles. The van der Waals surface area contributed by atoms with E-state index in [2.05, 4.69) is 4.99 Å². The molecule has 1 atom stereocenters. The van der Waals surface area contributed by atoms with Gasteiger partial charge in [-0.3, -0.25) is 9.59 Å². The molecule has 1 unspecified atom stereocenters. The number of carbonyl (C=O) groups is 2. The van der Waals surface area contributed by atoms with Crippen molar-refractivity contribution in [2.24, 2.45) is 16.5 Å². The number of nitrogens with two attached hydrogens (primary N) is 2. The smallest absolute Gasteiger partial charge is 0.249 e. The molecule has 60 valence electrons. The lowest BCUT2D eigenvalue weighted by molar-refractivity contribution is -0.122. The van der Waals surface area contributed by atoms with E-state index in [0.717, 1.165) is 11.8 Å². The van der Waals surface area contributed by atoms with Crippen LogP contribution in [0.5, 0.6) is 0 Å². The molecule has 0 aromatic carbocycles. The van der Waals surface area contributed by atoms with Gasteiger partial charge < -0.3 is 11.5 Å². The first kappa shape index (κ1) is 8.06. The van der Waals surface area contributed by atoms with E-state index < -0.39 is 11.2 Å². The van der Waals surface area contributed by atoms with Crippen molar-refractivity contribution >= 4 is 28.7 Å². The van der Waals surface area contributed by atoms with E-state index in [1.807, 2.05) is 0 Å². The van der Waals surface area contributed by atoms with Gasteiger partial charge in [0.15, 0.2) is 5.17 Å². The van der Waals surface area contributed by atoms with E-state index in [-0.39, 0.29) is 17.5 Å². The van der Waals surface area contributed by atoms with Gasteiger partial charge in [-0.25, -0.2) is 0 Å². The van der Waals surface area contributed by atoms with Crippen LogP contribution in [0.1, 0.15) is 6.42 Å². The van der Waals surface area contributed by atoms with Gasteiger partial charge in [-0.15, -0.1) is 0 Å². The van der Waals surface area contributed by atoms with Crippen LogP contribution in [0, 0.1) is 0 Å². The minimum atomic E-state index is -0.542. The van der Waals surface area contributed by atoms with Crippen LogP contribution in [-0.4, -0.2) is 22.2 Å². The number of rotatable bonds is 1. The third-order valence-electron chi connectivity index (χ3n) is 1.18. The molecule has 0 bridgehead atoms. The summed E-state index contributed by atoms with van der Waals surface area (Å²) in [4.78, 5) is 24.7. The van der Waals surface area contributed by atoms with E-state index in [0.29, 0.717) is 0 Å². The highest BCUT2D eigenvalue weighted by atomic mass is 32.2. The summed E-state index contributed by atoms with van der Waals surface area (Å²) in [5, 5.41) is -0.426. The van der Waals surface area contributed by atoms with Gasteiger partial charge >= 0.3 is 0 Å². The lowest BCUT2D eigenvalue weighted by Gasteiger charge is -2.13. The first-order chi connectivity index (χ1) is 5.09. The molecule has 5 nitrogen and oxygen atoms in total. The van der Waals surface area contributed by atoms with E-state index in [1.54, 1.807) is 0 Å². The molecule has 1 heterocycles. The number of aliphatic imine (C=N–C) groups is 1. The van der Waals surface area contributed by atoms with Crippen molar-refractivity contribution in [2.45, 2.75) is 11.7 Å². The fourth-order valence-electron chi connectivity index (χ4n) is 0.700. The molecule has 1 aliphatic heterocycles. The average molecular weight is 173 g/mol. The molecule has 0 fully saturated rings. The lowest BCUT2D eigenvalue weighted by atomic mass is 10.3. The standard InChI is InChI=1S/C5H7N3O2S/c6-4(10)2-1-3(9)8-5(7)11-2/h2H,1H2,(H2,6,10)(H2,7,8,9). The molecule has 0 aromatic heterocycles. The van der Waals surface area contributed by atoms with Gasteiger partial charge in [-0.2, -0.15) is 4.99 Å². The van der Waals surface area contributed by atoms with E-state index >= 15 is 0 Å². The van der Waals surface area contributed by atoms with Gasteiger partial charge in [0.2, 0.25) is 11.8 Å². The second kappa shape index (κ2) is 2.91. The van der Waals surface area contributed by atoms with Gasteiger partial charge in [0.05, 0.1) is 11.7 Å². The second-order valence-corrected chi connectivity index (χ2v) is 3.28. The number of carbonyl (C=O) groups excluding carboxylic acids is 2. The summed E-state index contributed by atoms with van der Waals surface area (Å²) in [6.45, 7) is 0. The second-order valence-electron chi connectivity index (χ2n) is 2.06. The topological polar surface area (TPSA) is 98.5 Å². The summed E-state index contributed by atoms with van der Waals surface area (Å²) in [5.74, 6) is -0.911. The summed E-state index contributed by atoms with van der Waals surface area (Å²) >= 11 is 1.03. The average Bonchev–Trinajstić information content (AvgIpc) is 1.85. The number of hydrogen-bond acceptors (Lipinski definition) is 4. The third-order valence-corrected chi connectivity index (χ3v) is 2.19. The van der Waals surface area contributed by atoms with E-state index in [4.69, 9.17) is 11.5 Å². The normalized spacial score (nSPS) is 24.5. The van der Waals surface area contributed by atoms with Crippen LogP contribution in [0.2, 0.25) is 0 Å². The Balaban J connectivity index is 2.72. The van der Waals surface area contributed by atoms with Gasteiger partial charge in [-0.1, -0.05) is 11.8 Å². The first-order valence-corrected chi connectivity index (χ1v) is 3.80. The Morgan fingerprint density at radius 3 is 2.82 bits per heavy atom. The van der Waals surface area contributed by atoms with Crippen molar-refractivity contribution in [3.63, 3.8) is 0 Å². The van der Waals surface area contributed by atoms with Crippen molar-refractivity contribution in [2.75, 3.05) is 0 Å². The Hall–Kier alpha value is -1.04. The maximum atomic E-state index is 10.7. The highest BCUT2D eigenvalue weighted by Crippen LogP contribution is 2.19. The predicted octanol–water partition coefficient (Wildman–Crippen LogP) is -1.18. The predicted molar refractivity (Wildman–Crippen MR) is 41.8 cm³/mol. The zero-order chi connectivity index (χ0) is 8.43. The monoisotopic (exact) mass is 173 g/mol. The van der Waals surface area contributed by atoms with Crippen molar-refractivity contribution in [3.05, 3.63) is 0 Å². The molecule has 0 spiro atoms. The minimum Gasteiger partial charge on any atom is -0.378 e. The van der Waals surface area contributed by atoms with Crippen LogP contribution in [-0.2, 0) is 9.59 Å². The summed E-state index contributed by atoms with van der Waals surface area (Å²) in [7, 11) is 0. The SMILES string of the molecule is NC(=O)C1CC(=O)N=C(N)S1. The van der Waals surface area contributed by atoms with Crippen molar-refractivity contribution < 1.29 is 9.59 Å². The number of primary amides is 1. The van der Waals surface area contributed by atoms with Crippen LogP contribution in [0.25, 0.3) is 0 Å². The molecular formula is C5H7N3O2S. The van der Waals surface area contributed by atoms with E-state index in [1.165, 1.54) is 0 Å². The molecular weight excluding hydrogens is 166 g/mol. The molecule has 6 heteroatoms. The van der Waals surface area contributed by atoms with Gasteiger partial charge in [0.25, 0.3) is 0 Å². The molecule has 0 saturated carbocycles. The maximum absolute atomic E-state index is 10.7. The molecule has 1 aliphatic rings. The summed E-state index contributed by atoms with van der Waals surface area (Å²) in [5.41, 5.74) is 10.2. The lowest BCUT2D eigenvalue weighted by Crippen LogP contribution is -2.33. The zero-order valence-electron chi connectivity index (χ0n) is 5.61. The van der Waals surface area contributed by atoms with Gasteiger partial charge in [-0.05, 0) is 0 Å². The van der Waals surface area contributed by atoms with Crippen molar-refractivity contribution in [1.29, 1.82) is 0 Å². The number of hydrogen-bond donors (Lipinski definition) is 2. The minimum absolute atomic E-state index is 0.0562. The molecule has 4 N–H and O–H groups in total. The molecule has 0 aromatic rings. The number of amides is 2. The number of thioether (sulfide) groups is 1. The Labute approximate surface area is 67.2 Å². The molecule has 0 radical (unpaired) electrons. The number of nitrogens with zero attached hydrogens (tertiary/aromatic N) is 1. The van der Waals surface area contributed by atoms with Crippen LogP contribution in [0.15, 0.2) is 4.99 Å². The quantitative estimate of drug-likeness (QED) is 0.521. The van der Waals surface area contributed by atoms with Crippen LogP contribution >= 0.6 is 11.8 Å². The van der Waals surface area contributed by atoms with Crippen molar-refractivity contribution in [1.82, 2.24) is 0 Å². The highest BCUT2D eigenvalue weighted by molar-refractivity contribution is 8.15. The van der Waals surface area contributed by atoms with Crippen LogP contribution in [0.4, 0.5) is 0 Å². The molecule has 0 aliphatic carbocycles.